The minimum absolute atomic E-state index is 0.630. The Kier molecular flexibility index (Phi) is 7.67. The second-order valence-corrected chi connectivity index (χ2v) is 6.98. The number of nitrogens with one attached hydrogen (secondary N) is 1. The molecule has 0 unspecified atom stereocenters. The van der Waals surface area contributed by atoms with E-state index in [0.717, 1.165) is 18.7 Å². The molecule has 5 nitrogen and oxygen atoms in total. The summed E-state index contributed by atoms with van der Waals surface area (Å²) in [6.45, 7) is 2.20. The van der Waals surface area contributed by atoms with Gasteiger partial charge in [-0.15, -0.1) is 0 Å². The van der Waals surface area contributed by atoms with Crippen molar-refractivity contribution in [1.82, 2.24) is 5.32 Å². The Hall–Kier alpha value is -1.02. The Morgan fingerprint density at radius 2 is 1.80 bits per heavy atom. The van der Waals surface area contributed by atoms with Crippen molar-refractivity contribution >= 4 is 14.9 Å². The minimum Gasteiger partial charge on any atom is -0.374 e. The van der Waals surface area contributed by atoms with Crippen molar-refractivity contribution < 1.29 is 13.3 Å². The molecule has 112 valence electrons. The maximum absolute atomic E-state index is 5.48. The van der Waals surface area contributed by atoms with Gasteiger partial charge in [0.1, 0.15) is 0 Å². The summed E-state index contributed by atoms with van der Waals surface area (Å²) >= 11 is 0. The zero-order valence-electron chi connectivity index (χ0n) is 12.4. The van der Waals surface area contributed by atoms with Crippen LogP contribution in [0.3, 0.4) is 0 Å². The van der Waals surface area contributed by atoms with E-state index in [2.05, 4.69) is 17.4 Å². The molecule has 0 radical (unpaired) electrons. The lowest BCUT2D eigenvalue weighted by atomic mass is 10.1. The van der Waals surface area contributed by atoms with E-state index in [-0.39, 0.29) is 0 Å². The summed E-state index contributed by atoms with van der Waals surface area (Å²) in [5.41, 5.74) is 9.67. The fourth-order valence-corrected chi connectivity index (χ4v) is 3.12. The van der Waals surface area contributed by atoms with Gasteiger partial charge >= 0.3 is 8.80 Å². The molecule has 1 aromatic carbocycles. The maximum atomic E-state index is 5.48. The van der Waals surface area contributed by atoms with Crippen LogP contribution in [0.25, 0.3) is 6.08 Å². The van der Waals surface area contributed by atoms with Gasteiger partial charge in [-0.25, -0.2) is 0 Å². The molecular formula is C14H24N2O3Si. The van der Waals surface area contributed by atoms with Gasteiger partial charge in [-0.3, -0.25) is 0 Å². The summed E-state index contributed by atoms with van der Waals surface area (Å²) in [6.07, 6.45) is 1.99. The molecule has 0 fully saturated rings. The third kappa shape index (κ3) is 4.82. The van der Waals surface area contributed by atoms with E-state index in [1.165, 1.54) is 5.56 Å². The molecule has 20 heavy (non-hydrogen) atoms. The molecule has 0 aliphatic carbocycles. The number of benzene rings is 1. The smallest absolute Gasteiger partial charge is 0.374 e. The van der Waals surface area contributed by atoms with Crippen LogP contribution < -0.4 is 11.1 Å². The van der Waals surface area contributed by atoms with Crippen molar-refractivity contribution in [3.63, 3.8) is 0 Å². The third-order valence-electron chi connectivity index (χ3n) is 3.01. The highest BCUT2D eigenvalue weighted by Crippen LogP contribution is 2.15. The minimum atomic E-state index is -2.68. The Labute approximate surface area is 122 Å². The summed E-state index contributed by atoms with van der Waals surface area (Å²) in [5.74, 6) is 0. The normalized spacial score (nSPS) is 12.2. The molecule has 6 heteroatoms. The van der Waals surface area contributed by atoms with Crippen LogP contribution in [0.15, 0.2) is 30.0 Å². The standard InChI is InChI=1S/C14H24N2O3Si/c1-17-20(18-2,19-3)11-8-13-6-4-5-7-14(13)12-16-10-9-15/h4-8,11,16H,9-10,12,15H2,1-3H3/b11-8+. The van der Waals surface area contributed by atoms with Gasteiger partial charge in [-0.2, -0.15) is 0 Å². The van der Waals surface area contributed by atoms with Crippen LogP contribution in [0, 0.1) is 0 Å². The van der Waals surface area contributed by atoms with Gasteiger partial charge < -0.3 is 24.3 Å². The number of hydrogen-bond donors (Lipinski definition) is 2. The summed E-state index contributed by atoms with van der Waals surface area (Å²) in [5, 5.41) is 3.29. The lowest BCUT2D eigenvalue weighted by Crippen LogP contribution is -2.40. The van der Waals surface area contributed by atoms with Crippen LogP contribution in [0.1, 0.15) is 11.1 Å². The van der Waals surface area contributed by atoms with E-state index in [1.807, 2.05) is 23.9 Å². The molecule has 0 amide bonds. The number of rotatable bonds is 9. The second-order valence-electron chi connectivity index (χ2n) is 4.21. The van der Waals surface area contributed by atoms with Crippen LogP contribution >= 0.6 is 0 Å². The SMILES string of the molecule is CO[Si](/C=C/c1ccccc1CNCCN)(OC)OC. The Morgan fingerprint density at radius 3 is 2.40 bits per heavy atom. The number of nitrogens with two attached hydrogens (primary N) is 1. The first-order valence-corrected chi connectivity index (χ1v) is 8.35. The van der Waals surface area contributed by atoms with Crippen molar-refractivity contribution in [2.24, 2.45) is 5.73 Å². The molecule has 0 saturated carbocycles. The van der Waals surface area contributed by atoms with Crippen molar-refractivity contribution in [2.45, 2.75) is 6.54 Å². The quantitative estimate of drug-likeness (QED) is 0.529. The van der Waals surface area contributed by atoms with E-state index < -0.39 is 8.80 Å². The molecule has 0 bridgehead atoms. The van der Waals surface area contributed by atoms with E-state index in [4.69, 9.17) is 19.0 Å². The molecule has 0 aliphatic rings. The van der Waals surface area contributed by atoms with Crippen LogP contribution in [0.5, 0.6) is 0 Å². The zero-order valence-corrected chi connectivity index (χ0v) is 13.4. The highest BCUT2D eigenvalue weighted by Gasteiger charge is 2.34. The summed E-state index contributed by atoms with van der Waals surface area (Å²) in [4.78, 5) is 0. The van der Waals surface area contributed by atoms with Crippen molar-refractivity contribution in [2.75, 3.05) is 34.4 Å². The van der Waals surface area contributed by atoms with Crippen molar-refractivity contribution in [3.05, 3.63) is 41.1 Å². The summed E-state index contributed by atoms with van der Waals surface area (Å²) in [6, 6.07) is 8.15. The Morgan fingerprint density at radius 1 is 1.15 bits per heavy atom. The van der Waals surface area contributed by atoms with E-state index in [9.17, 15) is 0 Å². The molecule has 0 spiro atoms. The molecular weight excluding hydrogens is 272 g/mol. The predicted octanol–water partition coefficient (Wildman–Crippen LogP) is 1.17. The largest absolute Gasteiger partial charge is 0.528 e. The van der Waals surface area contributed by atoms with Gasteiger partial charge in [-0.05, 0) is 16.8 Å². The molecule has 3 N–H and O–H groups in total. The van der Waals surface area contributed by atoms with Crippen LogP contribution in [-0.2, 0) is 19.8 Å². The molecule has 0 aromatic heterocycles. The Balaban J connectivity index is 2.85. The van der Waals surface area contributed by atoms with Crippen molar-refractivity contribution in [3.8, 4) is 0 Å². The highest BCUT2D eigenvalue weighted by atomic mass is 28.4. The molecule has 0 atom stereocenters. The van der Waals surface area contributed by atoms with E-state index in [1.54, 1.807) is 21.3 Å². The van der Waals surface area contributed by atoms with Gasteiger partial charge in [0.15, 0.2) is 0 Å². The predicted molar refractivity (Wildman–Crippen MR) is 83.0 cm³/mol. The molecule has 1 aromatic rings. The van der Waals surface area contributed by atoms with Crippen LogP contribution in [0.4, 0.5) is 0 Å². The van der Waals surface area contributed by atoms with Crippen molar-refractivity contribution in [1.29, 1.82) is 0 Å². The van der Waals surface area contributed by atoms with E-state index in [0.29, 0.717) is 6.54 Å². The lowest BCUT2D eigenvalue weighted by Gasteiger charge is -2.20. The first-order chi connectivity index (χ1) is 9.71. The first-order valence-electron chi connectivity index (χ1n) is 6.54. The molecule has 0 aliphatic heterocycles. The van der Waals surface area contributed by atoms with Crippen LogP contribution in [-0.4, -0.2) is 43.2 Å². The second kappa shape index (κ2) is 9.01. The lowest BCUT2D eigenvalue weighted by molar-refractivity contribution is 0.139. The van der Waals surface area contributed by atoms with E-state index >= 15 is 0 Å². The molecule has 0 saturated heterocycles. The average Bonchev–Trinajstić information content (AvgIpc) is 2.51. The fraction of sp³-hybridized carbons (Fsp3) is 0.429. The van der Waals surface area contributed by atoms with Gasteiger partial charge in [0.2, 0.25) is 0 Å². The van der Waals surface area contributed by atoms with Crippen LogP contribution in [0.2, 0.25) is 0 Å². The number of hydrogen-bond acceptors (Lipinski definition) is 5. The zero-order chi connectivity index (χ0) is 14.8. The Bertz CT molecular complexity index is 414. The average molecular weight is 296 g/mol. The third-order valence-corrected chi connectivity index (χ3v) is 5.29. The summed E-state index contributed by atoms with van der Waals surface area (Å²) < 4.78 is 16.1. The van der Waals surface area contributed by atoms with Gasteiger partial charge in [0.05, 0.1) is 0 Å². The summed E-state index contributed by atoms with van der Waals surface area (Å²) in [7, 11) is 2.10. The van der Waals surface area contributed by atoms with Gasteiger partial charge in [0, 0.05) is 41.0 Å². The topological polar surface area (TPSA) is 65.7 Å². The monoisotopic (exact) mass is 296 g/mol. The maximum Gasteiger partial charge on any atom is 0.528 e. The fourth-order valence-electron chi connectivity index (χ4n) is 1.83. The van der Waals surface area contributed by atoms with Gasteiger partial charge in [-0.1, -0.05) is 30.3 Å². The van der Waals surface area contributed by atoms with Gasteiger partial charge in [0.25, 0.3) is 0 Å². The highest BCUT2D eigenvalue weighted by molar-refractivity contribution is 6.66. The molecule has 1 rings (SSSR count). The first kappa shape index (κ1) is 17.0. The molecule has 0 heterocycles.